The summed E-state index contributed by atoms with van der Waals surface area (Å²) in [6, 6.07) is 3.65. The summed E-state index contributed by atoms with van der Waals surface area (Å²) in [5, 5.41) is 2.12. The number of aromatic nitrogens is 3. The van der Waals surface area contributed by atoms with E-state index >= 15 is 0 Å². The monoisotopic (exact) mass is 315 g/mol. The van der Waals surface area contributed by atoms with E-state index in [0.717, 1.165) is 22.7 Å². The third-order valence-corrected chi connectivity index (χ3v) is 5.89. The number of thiophene rings is 1. The minimum atomic E-state index is 0.101. The Hall–Kier alpha value is -1.66. The molecule has 106 valence electrons. The summed E-state index contributed by atoms with van der Waals surface area (Å²) in [5.41, 5.74) is 2.06. The molecule has 0 unspecified atom stereocenters. The smallest absolute Gasteiger partial charge is 0.189 e. The lowest BCUT2D eigenvalue weighted by Gasteiger charge is -2.03. The molecule has 0 saturated carbocycles. The van der Waals surface area contributed by atoms with Gasteiger partial charge in [0.05, 0.1) is 11.4 Å². The number of nitrogens with zero attached hydrogens (tertiary/aromatic N) is 2. The maximum absolute atomic E-state index is 12.1. The van der Waals surface area contributed by atoms with E-state index in [-0.39, 0.29) is 5.78 Å². The van der Waals surface area contributed by atoms with Crippen molar-refractivity contribution < 1.29 is 4.79 Å². The van der Waals surface area contributed by atoms with Gasteiger partial charge in [-0.05, 0) is 37.0 Å². The van der Waals surface area contributed by atoms with Gasteiger partial charge in [0.2, 0.25) is 0 Å². The van der Waals surface area contributed by atoms with Crippen LogP contribution in [0, 0.1) is 0 Å². The van der Waals surface area contributed by atoms with Gasteiger partial charge in [-0.1, -0.05) is 11.8 Å². The van der Waals surface area contributed by atoms with Crippen LogP contribution < -0.4 is 0 Å². The van der Waals surface area contributed by atoms with Crippen LogP contribution in [0.25, 0.3) is 10.2 Å². The molecule has 6 heteroatoms. The zero-order valence-electron chi connectivity index (χ0n) is 11.3. The molecule has 0 fully saturated rings. The molecule has 0 atom stereocenters. The molecular formula is C15H13N3OS2. The van der Waals surface area contributed by atoms with Crippen molar-refractivity contribution in [2.45, 2.75) is 24.3 Å². The predicted octanol–water partition coefficient (Wildman–Crippen LogP) is 3.48. The van der Waals surface area contributed by atoms with Gasteiger partial charge < -0.3 is 4.98 Å². The van der Waals surface area contributed by atoms with E-state index in [2.05, 4.69) is 15.0 Å². The molecule has 0 aromatic carbocycles. The molecule has 0 aliphatic heterocycles. The van der Waals surface area contributed by atoms with Crippen molar-refractivity contribution in [3.63, 3.8) is 0 Å². The summed E-state index contributed by atoms with van der Waals surface area (Å²) in [6.07, 6.45) is 6.86. The molecule has 3 heterocycles. The molecule has 0 spiro atoms. The fraction of sp³-hybridized carbons (Fsp3) is 0.267. The van der Waals surface area contributed by atoms with Crippen molar-refractivity contribution in [3.05, 3.63) is 40.8 Å². The Morgan fingerprint density at radius 1 is 1.38 bits per heavy atom. The van der Waals surface area contributed by atoms with E-state index in [1.165, 1.54) is 34.0 Å². The van der Waals surface area contributed by atoms with Gasteiger partial charge >= 0.3 is 0 Å². The SMILES string of the molecule is O=C(CSc1ncnc2sc3c(c12)CCC3)c1ccc[nH]1. The van der Waals surface area contributed by atoms with Gasteiger partial charge in [0.1, 0.15) is 16.2 Å². The summed E-state index contributed by atoms with van der Waals surface area (Å²) in [6.45, 7) is 0. The first-order valence-corrected chi connectivity index (χ1v) is 8.68. The number of Topliss-reactive ketones (excluding diaryl/α,β-unsaturated/α-hetero) is 1. The number of fused-ring (bicyclic) bond motifs is 3. The van der Waals surface area contributed by atoms with Gasteiger partial charge in [-0.3, -0.25) is 4.79 Å². The highest BCUT2D eigenvalue weighted by atomic mass is 32.2. The molecule has 0 amide bonds. The number of thioether (sulfide) groups is 1. The number of aryl methyl sites for hydroxylation is 2. The van der Waals surface area contributed by atoms with E-state index in [4.69, 9.17) is 0 Å². The minimum Gasteiger partial charge on any atom is -0.359 e. The maximum atomic E-state index is 12.1. The number of ketones is 1. The van der Waals surface area contributed by atoms with Gasteiger partial charge in [0, 0.05) is 16.5 Å². The number of nitrogens with one attached hydrogen (secondary N) is 1. The topological polar surface area (TPSA) is 58.6 Å². The van der Waals surface area contributed by atoms with Gasteiger partial charge in [0.15, 0.2) is 5.78 Å². The maximum Gasteiger partial charge on any atom is 0.189 e. The number of H-pyrrole nitrogens is 1. The van der Waals surface area contributed by atoms with Crippen molar-refractivity contribution in [1.82, 2.24) is 15.0 Å². The second-order valence-corrected chi connectivity index (χ2v) is 7.06. The third-order valence-electron chi connectivity index (χ3n) is 3.70. The highest BCUT2D eigenvalue weighted by molar-refractivity contribution is 8.00. The standard InChI is InChI=1S/C15H13N3OS2/c19-11(10-4-2-6-16-10)7-20-14-13-9-3-1-5-12(9)21-15(13)18-8-17-14/h2,4,6,8,16H,1,3,5,7H2. The quantitative estimate of drug-likeness (QED) is 0.455. The van der Waals surface area contributed by atoms with Crippen LogP contribution in [0.4, 0.5) is 0 Å². The van der Waals surface area contributed by atoms with E-state index in [1.807, 2.05) is 6.07 Å². The van der Waals surface area contributed by atoms with Crippen LogP contribution >= 0.6 is 23.1 Å². The molecule has 3 aromatic rings. The Morgan fingerprint density at radius 3 is 3.19 bits per heavy atom. The summed E-state index contributed by atoms with van der Waals surface area (Å²) in [4.78, 5) is 26.3. The zero-order chi connectivity index (χ0) is 14.2. The lowest BCUT2D eigenvalue weighted by atomic mass is 10.2. The van der Waals surface area contributed by atoms with E-state index in [1.54, 1.807) is 29.9 Å². The number of carbonyl (C=O) groups is 1. The average Bonchev–Trinajstić information content (AvgIpc) is 3.19. The van der Waals surface area contributed by atoms with Crippen LogP contribution in [0.15, 0.2) is 29.7 Å². The second kappa shape index (κ2) is 5.27. The van der Waals surface area contributed by atoms with Crippen molar-refractivity contribution in [2.24, 2.45) is 0 Å². The van der Waals surface area contributed by atoms with Crippen molar-refractivity contribution in [1.29, 1.82) is 0 Å². The molecule has 3 aromatic heterocycles. The van der Waals surface area contributed by atoms with Crippen LogP contribution in [-0.4, -0.2) is 26.5 Å². The molecule has 4 nitrogen and oxygen atoms in total. The van der Waals surface area contributed by atoms with Crippen LogP contribution in [0.1, 0.15) is 27.3 Å². The molecule has 0 radical (unpaired) electrons. The molecular weight excluding hydrogens is 302 g/mol. The van der Waals surface area contributed by atoms with Crippen molar-refractivity contribution in [2.75, 3.05) is 5.75 Å². The Morgan fingerprint density at radius 2 is 2.33 bits per heavy atom. The fourth-order valence-corrected chi connectivity index (χ4v) is 4.93. The van der Waals surface area contributed by atoms with Crippen molar-refractivity contribution in [3.8, 4) is 0 Å². The predicted molar refractivity (Wildman–Crippen MR) is 85.3 cm³/mol. The Balaban J connectivity index is 1.63. The summed E-state index contributed by atoms with van der Waals surface area (Å²) in [7, 11) is 0. The summed E-state index contributed by atoms with van der Waals surface area (Å²) >= 11 is 3.29. The molecule has 1 N–H and O–H groups in total. The number of carbonyl (C=O) groups excluding carboxylic acids is 1. The number of rotatable bonds is 4. The average molecular weight is 315 g/mol. The first-order valence-electron chi connectivity index (χ1n) is 6.87. The normalized spacial score (nSPS) is 13.7. The van der Waals surface area contributed by atoms with E-state index in [9.17, 15) is 4.79 Å². The number of hydrogen-bond donors (Lipinski definition) is 1. The number of hydrogen-bond acceptors (Lipinski definition) is 5. The molecule has 21 heavy (non-hydrogen) atoms. The Labute approximate surface area is 130 Å². The first kappa shape index (κ1) is 13.0. The molecule has 0 saturated heterocycles. The zero-order valence-corrected chi connectivity index (χ0v) is 12.9. The number of aromatic amines is 1. The molecule has 1 aliphatic carbocycles. The Bertz CT molecular complexity index is 808. The lowest BCUT2D eigenvalue weighted by Crippen LogP contribution is -2.03. The largest absolute Gasteiger partial charge is 0.359 e. The molecule has 0 bridgehead atoms. The highest BCUT2D eigenvalue weighted by Crippen LogP contribution is 2.40. The highest BCUT2D eigenvalue weighted by Gasteiger charge is 2.21. The van der Waals surface area contributed by atoms with Gasteiger partial charge in [0.25, 0.3) is 0 Å². The lowest BCUT2D eigenvalue weighted by molar-refractivity contribution is 0.101. The van der Waals surface area contributed by atoms with E-state index < -0.39 is 0 Å². The van der Waals surface area contributed by atoms with Crippen LogP contribution in [-0.2, 0) is 12.8 Å². The second-order valence-electron chi connectivity index (χ2n) is 5.01. The van der Waals surface area contributed by atoms with E-state index in [0.29, 0.717) is 11.4 Å². The minimum absolute atomic E-state index is 0.101. The third kappa shape index (κ3) is 2.28. The summed E-state index contributed by atoms with van der Waals surface area (Å²) < 4.78 is 0. The Kier molecular flexibility index (Phi) is 3.27. The first-order chi connectivity index (χ1) is 10.3. The van der Waals surface area contributed by atoms with Crippen molar-refractivity contribution >= 4 is 39.1 Å². The van der Waals surface area contributed by atoms with Gasteiger partial charge in [-0.15, -0.1) is 11.3 Å². The molecule has 1 aliphatic rings. The van der Waals surface area contributed by atoms with Crippen LogP contribution in [0.3, 0.4) is 0 Å². The molecule has 4 rings (SSSR count). The van der Waals surface area contributed by atoms with Crippen LogP contribution in [0.5, 0.6) is 0 Å². The fourth-order valence-electron chi connectivity index (χ4n) is 2.72. The van der Waals surface area contributed by atoms with Gasteiger partial charge in [-0.25, -0.2) is 9.97 Å². The van der Waals surface area contributed by atoms with Crippen LogP contribution in [0.2, 0.25) is 0 Å². The summed E-state index contributed by atoms with van der Waals surface area (Å²) in [5.74, 6) is 0.501. The van der Waals surface area contributed by atoms with Gasteiger partial charge in [-0.2, -0.15) is 0 Å².